The van der Waals surface area contributed by atoms with Gasteiger partial charge in [0.25, 0.3) is 5.92 Å². The average molecular weight is 583 g/mol. The van der Waals surface area contributed by atoms with Gasteiger partial charge in [0.15, 0.2) is 0 Å². The lowest BCUT2D eigenvalue weighted by Gasteiger charge is -2.40. The van der Waals surface area contributed by atoms with Crippen molar-refractivity contribution in [1.29, 1.82) is 0 Å². The molecule has 0 atom stereocenters. The zero-order valence-electron chi connectivity index (χ0n) is 23.0. The summed E-state index contributed by atoms with van der Waals surface area (Å²) in [6.07, 6.45) is 0. The van der Waals surface area contributed by atoms with E-state index in [-0.39, 0.29) is 28.0 Å². The van der Waals surface area contributed by atoms with E-state index in [4.69, 9.17) is 9.15 Å². The van der Waals surface area contributed by atoms with Gasteiger partial charge in [-0.15, -0.1) is 0 Å². The van der Waals surface area contributed by atoms with E-state index in [1.165, 1.54) is 27.7 Å². The molecule has 7 nitrogen and oxygen atoms in total. The van der Waals surface area contributed by atoms with Gasteiger partial charge >= 0.3 is 11.9 Å². The summed E-state index contributed by atoms with van der Waals surface area (Å²) < 4.78 is 67.6. The maximum absolute atomic E-state index is 13.6. The Morgan fingerprint density at radius 1 is 0.929 bits per heavy atom. The second kappa shape index (κ2) is 9.30. The van der Waals surface area contributed by atoms with Gasteiger partial charge < -0.3 is 24.0 Å². The van der Waals surface area contributed by atoms with Crippen LogP contribution in [-0.4, -0.2) is 55.6 Å². The first kappa shape index (κ1) is 27.7. The number of hydrogen-bond donors (Lipinski definition) is 0. The van der Waals surface area contributed by atoms with E-state index in [1.54, 1.807) is 57.2 Å². The molecule has 0 amide bonds. The van der Waals surface area contributed by atoms with Crippen LogP contribution in [0.25, 0.3) is 33.4 Å². The standard InChI is InChI=1S/C31H26F4N2O5/c1-29(2,3)42-28(40)17-4-7-20(27(38)39)23(10-17)26-21-8-5-18(36-13-30(32,33)14-36)11-24(21)41-25-12-19(6-9-22(25)26)37-15-31(34,35)16-37/h4-12H,13-16H2,1-3H3. The Kier molecular flexibility index (Phi) is 6.14. The third-order valence-electron chi connectivity index (χ3n) is 7.25. The molecule has 0 N–H and O–H groups in total. The van der Waals surface area contributed by atoms with Crippen LogP contribution < -0.4 is 19.9 Å². The molecule has 3 heterocycles. The number of aromatic carboxylic acids is 1. The Balaban J connectivity index is 1.60. The van der Waals surface area contributed by atoms with Gasteiger partial charge in [-0.05, 0) is 56.7 Å². The highest BCUT2D eigenvalue weighted by atomic mass is 19.3. The Morgan fingerprint density at radius 2 is 1.64 bits per heavy atom. The van der Waals surface area contributed by atoms with E-state index in [0.29, 0.717) is 27.6 Å². The number of anilines is 1. The van der Waals surface area contributed by atoms with E-state index in [2.05, 4.69) is 0 Å². The Morgan fingerprint density at radius 3 is 2.26 bits per heavy atom. The molecule has 4 aliphatic rings. The van der Waals surface area contributed by atoms with Crippen molar-refractivity contribution in [2.45, 2.75) is 38.2 Å². The lowest BCUT2D eigenvalue weighted by molar-refractivity contribution is -0.254. The lowest BCUT2D eigenvalue weighted by atomic mass is 9.89. The van der Waals surface area contributed by atoms with Crippen molar-refractivity contribution < 1.29 is 41.4 Å². The molecule has 2 aromatic rings. The minimum absolute atomic E-state index is 0.103. The van der Waals surface area contributed by atoms with Gasteiger partial charge in [-0.3, -0.25) is 0 Å². The van der Waals surface area contributed by atoms with Crippen molar-refractivity contribution >= 4 is 28.6 Å². The van der Waals surface area contributed by atoms with Gasteiger partial charge in [-0.1, -0.05) is 6.07 Å². The molecule has 6 rings (SSSR count). The highest BCUT2D eigenvalue weighted by Crippen LogP contribution is 2.43. The molecule has 0 saturated carbocycles. The van der Waals surface area contributed by atoms with Crippen LogP contribution in [0.5, 0.6) is 0 Å². The molecule has 3 aliphatic heterocycles. The molecular formula is C31H26F4N2O5. The van der Waals surface area contributed by atoms with Crippen molar-refractivity contribution in [3.63, 3.8) is 0 Å². The summed E-state index contributed by atoms with van der Waals surface area (Å²) in [6, 6.07) is 13.7. The van der Waals surface area contributed by atoms with Crippen molar-refractivity contribution in [2.75, 3.05) is 31.1 Å². The highest BCUT2D eigenvalue weighted by Gasteiger charge is 2.50. The summed E-state index contributed by atoms with van der Waals surface area (Å²) >= 11 is 0. The number of halogens is 4. The molecule has 0 aromatic heterocycles. The van der Waals surface area contributed by atoms with E-state index < -0.39 is 55.6 Å². The first-order valence-electron chi connectivity index (χ1n) is 13.3. The van der Waals surface area contributed by atoms with Crippen molar-refractivity contribution in [3.8, 4) is 22.5 Å². The Bertz CT molecular complexity index is 1800. The number of ether oxygens (including phenoxy) is 1. The summed E-state index contributed by atoms with van der Waals surface area (Å²) in [6.45, 7) is 3.28. The number of carboxylic acids is 1. The summed E-state index contributed by atoms with van der Waals surface area (Å²) in [5.74, 6) is -7.50. The number of nitrogens with zero attached hydrogens (tertiary/aromatic N) is 2. The van der Waals surface area contributed by atoms with Gasteiger partial charge in [0.2, 0.25) is 18.4 Å². The molecule has 2 aromatic carbocycles. The first-order chi connectivity index (χ1) is 19.6. The zero-order valence-corrected chi connectivity index (χ0v) is 23.0. The number of alkyl halides is 4. The number of rotatable bonds is 4. The Labute approximate surface area is 237 Å². The van der Waals surface area contributed by atoms with Crippen molar-refractivity contribution in [2.24, 2.45) is 0 Å². The molecule has 218 valence electrons. The normalized spacial score (nSPS) is 17.6. The molecule has 42 heavy (non-hydrogen) atoms. The highest BCUT2D eigenvalue weighted by molar-refractivity contribution is 6.08. The average Bonchev–Trinajstić information content (AvgIpc) is 2.86. The third-order valence-corrected chi connectivity index (χ3v) is 7.25. The first-order valence-corrected chi connectivity index (χ1v) is 13.3. The van der Waals surface area contributed by atoms with Crippen LogP contribution in [0.4, 0.5) is 23.2 Å². The van der Waals surface area contributed by atoms with Gasteiger partial charge in [0.05, 0.1) is 30.7 Å². The Hall–Kier alpha value is -4.41. The minimum Gasteiger partial charge on any atom is -0.545 e. The van der Waals surface area contributed by atoms with Crippen LogP contribution in [0.15, 0.2) is 59.0 Å². The predicted octanol–water partition coefficient (Wildman–Crippen LogP) is 4.40. The van der Waals surface area contributed by atoms with E-state index >= 15 is 0 Å². The molecule has 1 aliphatic carbocycles. The SMILES string of the molecule is CC(C)(C)OC(=O)c1ccc(C(=O)[O-])c(-c2c3ccc(=[N+]4CC(F)(F)C4)cc-3oc3cc(N4CC(F)(F)C4)ccc23)c1. The second-order valence-electron chi connectivity index (χ2n) is 11.8. The van der Waals surface area contributed by atoms with Crippen LogP contribution in [0.2, 0.25) is 0 Å². The van der Waals surface area contributed by atoms with Crippen LogP contribution in [0, 0.1) is 0 Å². The maximum Gasteiger partial charge on any atom is 0.361 e. The quantitative estimate of drug-likeness (QED) is 0.154. The third kappa shape index (κ3) is 5.08. The summed E-state index contributed by atoms with van der Waals surface area (Å²) in [7, 11) is 0. The van der Waals surface area contributed by atoms with Gasteiger partial charge in [-0.25, -0.2) is 18.2 Å². The summed E-state index contributed by atoms with van der Waals surface area (Å²) in [5.41, 5.74) is 0.813. The topological polar surface area (TPSA) is 85.8 Å². The summed E-state index contributed by atoms with van der Waals surface area (Å²) in [5, 5.41) is 13.2. The lowest BCUT2D eigenvalue weighted by Crippen LogP contribution is -2.57. The molecule has 2 fully saturated rings. The molecular weight excluding hydrogens is 556 g/mol. The second-order valence-corrected chi connectivity index (χ2v) is 11.8. The van der Waals surface area contributed by atoms with Crippen LogP contribution >= 0.6 is 0 Å². The largest absolute Gasteiger partial charge is 0.545 e. The summed E-state index contributed by atoms with van der Waals surface area (Å²) in [4.78, 5) is 26.7. The molecule has 0 radical (unpaired) electrons. The smallest absolute Gasteiger partial charge is 0.361 e. The van der Waals surface area contributed by atoms with Crippen LogP contribution in [0.1, 0.15) is 41.5 Å². The van der Waals surface area contributed by atoms with E-state index in [9.17, 15) is 32.3 Å². The number of benzene rings is 3. The van der Waals surface area contributed by atoms with Gasteiger partial charge in [0.1, 0.15) is 16.9 Å². The molecule has 11 heteroatoms. The number of carbonyl (C=O) groups is 2. The number of hydrogen-bond acceptors (Lipinski definition) is 6. The number of carboxylic acid groups (broad SMARTS) is 1. The van der Waals surface area contributed by atoms with Crippen LogP contribution in [-0.2, 0) is 4.74 Å². The number of carbonyl (C=O) groups excluding carboxylic acids is 2. The fourth-order valence-corrected chi connectivity index (χ4v) is 5.33. The monoisotopic (exact) mass is 582 g/mol. The van der Waals surface area contributed by atoms with E-state index in [1.807, 2.05) is 0 Å². The van der Waals surface area contributed by atoms with Crippen LogP contribution in [0.3, 0.4) is 0 Å². The molecule has 0 bridgehead atoms. The van der Waals surface area contributed by atoms with Gasteiger partial charge in [0, 0.05) is 39.9 Å². The van der Waals surface area contributed by atoms with E-state index in [0.717, 1.165) is 0 Å². The molecule has 0 unspecified atom stereocenters. The predicted molar refractivity (Wildman–Crippen MR) is 145 cm³/mol. The fourth-order valence-electron chi connectivity index (χ4n) is 5.33. The fraction of sp³-hybridized carbons (Fsp3) is 0.323. The maximum atomic E-state index is 13.6. The molecule has 0 spiro atoms. The number of fused-ring (bicyclic) bond motifs is 2. The minimum atomic E-state index is -2.81. The molecule has 2 saturated heterocycles. The van der Waals surface area contributed by atoms with Crippen molar-refractivity contribution in [1.82, 2.24) is 4.58 Å². The zero-order chi connectivity index (χ0) is 30.2. The van der Waals surface area contributed by atoms with Gasteiger partial charge in [-0.2, -0.15) is 8.78 Å². The number of esters is 1. The van der Waals surface area contributed by atoms with Crippen molar-refractivity contribution in [3.05, 3.63) is 71.1 Å².